The van der Waals surface area contributed by atoms with Gasteiger partial charge in [0.2, 0.25) is 0 Å². The van der Waals surface area contributed by atoms with E-state index in [1.807, 2.05) is 0 Å². The second-order valence-electron chi connectivity index (χ2n) is 3.60. The van der Waals surface area contributed by atoms with Gasteiger partial charge in [0.05, 0.1) is 11.7 Å². The molecule has 0 spiro atoms. The van der Waals surface area contributed by atoms with Crippen molar-refractivity contribution in [2.75, 3.05) is 18.8 Å². The van der Waals surface area contributed by atoms with E-state index in [1.165, 1.54) is 0 Å². The first-order valence-corrected chi connectivity index (χ1v) is 5.39. The first-order valence-electron chi connectivity index (χ1n) is 4.60. The average molecular weight is 271 g/mol. The number of amides is 1. The lowest BCUT2D eigenvalue weighted by Crippen LogP contribution is -2.53. The molecule has 1 aliphatic heterocycles. The first-order chi connectivity index (χ1) is 7.08. The number of likely N-dealkylation sites (tertiary alicyclic amines) is 1. The lowest BCUT2D eigenvalue weighted by molar-refractivity contribution is 0.00596. The van der Waals surface area contributed by atoms with Gasteiger partial charge in [0.1, 0.15) is 0 Å². The highest BCUT2D eigenvalue weighted by Crippen LogP contribution is 2.22. The van der Waals surface area contributed by atoms with Crippen molar-refractivity contribution >= 4 is 27.5 Å². The lowest BCUT2D eigenvalue weighted by atomic mass is 10.1. The van der Waals surface area contributed by atoms with Gasteiger partial charge in [-0.2, -0.15) is 0 Å². The number of benzene rings is 1. The van der Waals surface area contributed by atoms with Gasteiger partial charge in [-0.25, -0.2) is 0 Å². The number of β-amino-alcohol motifs (C(OH)–C–C–N with tert-alkyl or cyclic N) is 1. The van der Waals surface area contributed by atoms with Crippen molar-refractivity contribution in [2.24, 2.45) is 0 Å². The van der Waals surface area contributed by atoms with Gasteiger partial charge in [0.15, 0.2) is 0 Å². The van der Waals surface area contributed by atoms with Gasteiger partial charge in [-0.05, 0) is 18.2 Å². The van der Waals surface area contributed by atoms with E-state index in [4.69, 9.17) is 10.8 Å². The molecule has 15 heavy (non-hydrogen) atoms. The van der Waals surface area contributed by atoms with Crippen molar-refractivity contribution < 1.29 is 9.90 Å². The summed E-state index contributed by atoms with van der Waals surface area (Å²) in [5.74, 6) is -0.126. The van der Waals surface area contributed by atoms with E-state index in [-0.39, 0.29) is 12.0 Å². The molecule has 5 heteroatoms. The maximum Gasteiger partial charge on any atom is 0.256 e. The number of nitrogen functional groups attached to an aromatic ring is 1. The van der Waals surface area contributed by atoms with E-state index in [0.717, 1.165) is 4.47 Å². The van der Waals surface area contributed by atoms with Gasteiger partial charge in [-0.1, -0.05) is 15.9 Å². The highest BCUT2D eigenvalue weighted by Gasteiger charge is 2.30. The van der Waals surface area contributed by atoms with Crippen molar-refractivity contribution in [1.82, 2.24) is 4.90 Å². The van der Waals surface area contributed by atoms with Gasteiger partial charge in [0, 0.05) is 23.2 Å². The number of aliphatic hydroxyl groups excluding tert-OH is 1. The Morgan fingerprint density at radius 2 is 2.20 bits per heavy atom. The lowest BCUT2D eigenvalue weighted by Gasteiger charge is -2.36. The molecule has 80 valence electrons. The number of nitrogens with two attached hydrogens (primary N) is 1. The zero-order valence-electron chi connectivity index (χ0n) is 7.98. The van der Waals surface area contributed by atoms with Crippen LogP contribution in [0.4, 0.5) is 5.69 Å². The van der Waals surface area contributed by atoms with Crippen LogP contribution in [0.3, 0.4) is 0 Å². The number of nitrogens with zero attached hydrogens (tertiary/aromatic N) is 1. The third-order valence-corrected chi connectivity index (χ3v) is 2.89. The molecule has 0 saturated carbocycles. The number of hydrogen-bond acceptors (Lipinski definition) is 3. The predicted octanol–water partition coefficient (Wildman–Crippen LogP) is 0.848. The summed E-state index contributed by atoms with van der Waals surface area (Å²) < 4.78 is 0.820. The largest absolute Gasteiger partial charge is 0.398 e. The molecular formula is C10H11BrN2O2. The zero-order chi connectivity index (χ0) is 11.0. The van der Waals surface area contributed by atoms with Crippen molar-refractivity contribution in [3.8, 4) is 0 Å². The average Bonchev–Trinajstić information content (AvgIpc) is 2.16. The molecule has 1 heterocycles. The molecule has 0 aliphatic carbocycles. The summed E-state index contributed by atoms with van der Waals surface area (Å²) in [5, 5.41) is 9.10. The highest BCUT2D eigenvalue weighted by atomic mass is 79.9. The fraction of sp³-hybridized carbons (Fsp3) is 0.300. The van der Waals surface area contributed by atoms with Crippen LogP contribution in [0.25, 0.3) is 0 Å². The zero-order valence-corrected chi connectivity index (χ0v) is 9.57. The predicted molar refractivity (Wildman–Crippen MR) is 60.5 cm³/mol. The first kappa shape index (κ1) is 10.4. The maximum absolute atomic E-state index is 11.9. The Bertz CT molecular complexity index is 402. The quantitative estimate of drug-likeness (QED) is 0.744. The number of rotatable bonds is 1. The van der Waals surface area contributed by atoms with Crippen molar-refractivity contribution in [3.63, 3.8) is 0 Å². The summed E-state index contributed by atoms with van der Waals surface area (Å²) in [4.78, 5) is 13.4. The van der Waals surface area contributed by atoms with E-state index < -0.39 is 0 Å². The summed E-state index contributed by atoms with van der Waals surface area (Å²) in [5.41, 5.74) is 6.66. The standard InChI is InChI=1S/C10H11BrN2O2/c11-6-1-2-9(12)8(3-6)10(15)13-4-7(14)5-13/h1-3,7,14H,4-5,12H2. The van der Waals surface area contributed by atoms with Crippen LogP contribution in [0.2, 0.25) is 0 Å². The van der Waals surface area contributed by atoms with Gasteiger partial charge in [-0.15, -0.1) is 0 Å². The molecule has 3 N–H and O–H groups in total. The molecule has 1 amide bonds. The minimum Gasteiger partial charge on any atom is -0.398 e. The Kier molecular flexibility index (Phi) is 2.67. The van der Waals surface area contributed by atoms with E-state index in [9.17, 15) is 4.79 Å². The number of anilines is 1. The SMILES string of the molecule is Nc1ccc(Br)cc1C(=O)N1CC(O)C1. The van der Waals surface area contributed by atoms with Crippen molar-refractivity contribution in [1.29, 1.82) is 0 Å². The van der Waals surface area contributed by atoms with Crippen molar-refractivity contribution in [3.05, 3.63) is 28.2 Å². The second-order valence-corrected chi connectivity index (χ2v) is 4.51. The minimum atomic E-state index is -0.387. The monoisotopic (exact) mass is 270 g/mol. The van der Waals surface area contributed by atoms with Crippen LogP contribution in [0.15, 0.2) is 22.7 Å². The molecule has 0 unspecified atom stereocenters. The van der Waals surface area contributed by atoms with Gasteiger partial charge in [-0.3, -0.25) is 4.79 Å². The van der Waals surface area contributed by atoms with Gasteiger partial charge in [0.25, 0.3) is 5.91 Å². The number of carbonyl (C=O) groups is 1. The molecule has 0 radical (unpaired) electrons. The third kappa shape index (κ3) is 1.98. The Morgan fingerprint density at radius 3 is 2.80 bits per heavy atom. The van der Waals surface area contributed by atoms with E-state index >= 15 is 0 Å². The van der Waals surface area contributed by atoms with E-state index in [2.05, 4.69) is 15.9 Å². The number of carbonyl (C=O) groups excluding carboxylic acids is 1. The number of hydrogen-bond donors (Lipinski definition) is 2. The molecule has 0 atom stereocenters. The Hall–Kier alpha value is -1.07. The molecule has 0 aromatic heterocycles. The van der Waals surface area contributed by atoms with Crippen LogP contribution in [0.1, 0.15) is 10.4 Å². The summed E-state index contributed by atoms with van der Waals surface area (Å²) in [6, 6.07) is 5.17. The Balaban J connectivity index is 2.22. The van der Waals surface area contributed by atoms with Crippen LogP contribution in [0, 0.1) is 0 Å². The Morgan fingerprint density at radius 1 is 1.53 bits per heavy atom. The number of aliphatic hydroxyl groups is 1. The van der Waals surface area contributed by atoms with Crippen LogP contribution < -0.4 is 5.73 Å². The summed E-state index contributed by atoms with van der Waals surface area (Å²) >= 11 is 3.29. The summed E-state index contributed by atoms with van der Waals surface area (Å²) in [6.07, 6.45) is -0.387. The highest BCUT2D eigenvalue weighted by molar-refractivity contribution is 9.10. The normalized spacial score (nSPS) is 16.3. The van der Waals surface area contributed by atoms with Crippen molar-refractivity contribution in [2.45, 2.75) is 6.10 Å². The smallest absolute Gasteiger partial charge is 0.256 e. The van der Waals surface area contributed by atoms with Crippen LogP contribution in [0.5, 0.6) is 0 Å². The van der Waals surface area contributed by atoms with Crippen LogP contribution in [-0.4, -0.2) is 35.1 Å². The molecule has 1 aromatic carbocycles. The molecular weight excluding hydrogens is 260 g/mol. The molecule has 1 saturated heterocycles. The molecule has 0 bridgehead atoms. The maximum atomic E-state index is 11.9. The molecule has 1 aromatic rings. The van der Waals surface area contributed by atoms with E-state index in [1.54, 1.807) is 23.1 Å². The van der Waals surface area contributed by atoms with Gasteiger partial charge < -0.3 is 15.7 Å². The summed E-state index contributed by atoms with van der Waals surface area (Å²) in [7, 11) is 0. The number of halogens is 1. The third-order valence-electron chi connectivity index (χ3n) is 2.40. The Labute approximate surface area is 95.8 Å². The molecule has 1 aliphatic rings. The molecule has 1 fully saturated rings. The van der Waals surface area contributed by atoms with Gasteiger partial charge >= 0.3 is 0 Å². The summed E-state index contributed by atoms with van der Waals surface area (Å²) in [6.45, 7) is 0.787. The van der Waals surface area contributed by atoms with Crippen LogP contribution in [-0.2, 0) is 0 Å². The van der Waals surface area contributed by atoms with E-state index in [0.29, 0.717) is 24.3 Å². The second kappa shape index (κ2) is 3.83. The molecule has 4 nitrogen and oxygen atoms in total. The minimum absolute atomic E-state index is 0.126. The fourth-order valence-corrected chi connectivity index (χ4v) is 1.87. The van der Waals surface area contributed by atoms with Crippen LogP contribution >= 0.6 is 15.9 Å². The fourth-order valence-electron chi connectivity index (χ4n) is 1.51. The topological polar surface area (TPSA) is 66.6 Å². The molecule has 2 rings (SSSR count).